The van der Waals surface area contributed by atoms with Crippen LogP contribution in [0.5, 0.6) is 0 Å². The molecule has 2 heterocycles. The van der Waals surface area contributed by atoms with Crippen LogP contribution in [0, 0.1) is 0 Å². The van der Waals surface area contributed by atoms with E-state index in [1.54, 1.807) is 0 Å². The van der Waals surface area contributed by atoms with E-state index in [0.29, 0.717) is 11.1 Å². The van der Waals surface area contributed by atoms with Crippen LogP contribution in [0.15, 0.2) is 97.3 Å². The van der Waals surface area contributed by atoms with E-state index in [2.05, 4.69) is 6.07 Å². The fourth-order valence-electron chi connectivity index (χ4n) is 3.71. The molecule has 0 radical (unpaired) electrons. The Kier molecular flexibility index (Phi) is 4.73. The Morgan fingerprint density at radius 3 is 1.84 bits per heavy atom. The number of imidazole rings is 1. The molecule has 0 amide bonds. The van der Waals surface area contributed by atoms with Crippen LogP contribution in [0.25, 0.3) is 39.2 Å². The van der Waals surface area contributed by atoms with Gasteiger partial charge in [0.2, 0.25) is 0 Å². The lowest BCUT2D eigenvalue weighted by atomic mass is 10.00. The maximum atomic E-state index is 11.1. The van der Waals surface area contributed by atoms with Crippen molar-refractivity contribution in [1.29, 1.82) is 0 Å². The van der Waals surface area contributed by atoms with E-state index >= 15 is 0 Å². The Bertz CT molecular complexity index is 1380. The minimum absolute atomic E-state index is 0.633. The third-order valence-corrected chi connectivity index (χ3v) is 5.36. The Balaban J connectivity index is 1.72. The van der Waals surface area contributed by atoms with Gasteiger partial charge in [0.25, 0.3) is 0 Å². The van der Waals surface area contributed by atoms with Gasteiger partial charge < -0.3 is 4.40 Å². The summed E-state index contributed by atoms with van der Waals surface area (Å²) < 4.78 is 2.04. The minimum atomic E-state index is 0.633. The summed E-state index contributed by atoms with van der Waals surface area (Å²) in [5.74, 6) is 0. The van der Waals surface area contributed by atoms with Gasteiger partial charge in [0, 0.05) is 34.6 Å². The number of carbonyl (C=O) groups is 2. The lowest BCUT2D eigenvalue weighted by Gasteiger charge is -2.09. The van der Waals surface area contributed by atoms with Crippen molar-refractivity contribution in [2.45, 2.75) is 0 Å². The van der Waals surface area contributed by atoms with Gasteiger partial charge in [-0.15, -0.1) is 0 Å². The highest BCUT2D eigenvalue weighted by molar-refractivity contribution is 5.86. The van der Waals surface area contributed by atoms with Gasteiger partial charge in [-0.05, 0) is 22.8 Å². The van der Waals surface area contributed by atoms with Crippen LogP contribution >= 0.6 is 0 Å². The number of rotatable bonds is 5. The number of nitrogens with zero attached hydrogens (tertiary/aromatic N) is 2. The molecule has 0 unspecified atom stereocenters. The van der Waals surface area contributed by atoms with Crippen molar-refractivity contribution in [3.05, 3.63) is 108 Å². The summed E-state index contributed by atoms with van der Waals surface area (Å²) in [6.07, 6.45) is 5.76. The molecule has 0 bridgehead atoms. The Labute approximate surface area is 179 Å². The third kappa shape index (κ3) is 3.55. The van der Waals surface area contributed by atoms with Crippen molar-refractivity contribution < 1.29 is 9.59 Å². The average Bonchev–Trinajstić information content (AvgIpc) is 3.28. The first-order chi connectivity index (χ1) is 15.2. The standard InChI is InChI=1S/C27H18N2O2/c30-17-19-6-10-21(11-7-19)24-14-25(22-12-8-20(18-31)9-13-22)27-28-26(16-29(27)15-24)23-4-2-1-3-5-23/h1-18H. The van der Waals surface area contributed by atoms with Crippen LogP contribution in [0.1, 0.15) is 20.7 Å². The van der Waals surface area contributed by atoms with E-state index < -0.39 is 0 Å². The Morgan fingerprint density at radius 1 is 0.613 bits per heavy atom. The zero-order valence-electron chi connectivity index (χ0n) is 16.6. The van der Waals surface area contributed by atoms with Crippen LogP contribution in [0.2, 0.25) is 0 Å². The molecule has 0 aliphatic rings. The summed E-state index contributed by atoms with van der Waals surface area (Å²) in [5.41, 5.74) is 8.02. The molecule has 5 rings (SSSR count). The number of fused-ring (bicyclic) bond motifs is 1. The number of pyridine rings is 1. The number of hydrogen-bond acceptors (Lipinski definition) is 3. The highest BCUT2D eigenvalue weighted by Crippen LogP contribution is 2.32. The molecule has 0 aliphatic heterocycles. The van der Waals surface area contributed by atoms with Crippen molar-refractivity contribution in [3.8, 4) is 33.5 Å². The maximum absolute atomic E-state index is 11.1. The lowest BCUT2D eigenvalue weighted by molar-refractivity contribution is 0.111. The maximum Gasteiger partial charge on any atom is 0.150 e. The molecule has 0 N–H and O–H groups in total. The lowest BCUT2D eigenvalue weighted by Crippen LogP contribution is -1.92. The molecule has 4 heteroatoms. The Hall–Kier alpha value is -4.31. The van der Waals surface area contributed by atoms with Crippen molar-refractivity contribution in [3.63, 3.8) is 0 Å². The molecule has 3 aromatic carbocycles. The quantitative estimate of drug-likeness (QED) is 0.341. The number of aromatic nitrogens is 2. The number of hydrogen-bond donors (Lipinski definition) is 0. The zero-order chi connectivity index (χ0) is 21.2. The molecule has 4 nitrogen and oxygen atoms in total. The molecule has 2 aromatic heterocycles. The molecule has 0 atom stereocenters. The highest BCUT2D eigenvalue weighted by Gasteiger charge is 2.13. The molecule has 0 spiro atoms. The first-order valence-corrected chi connectivity index (χ1v) is 9.94. The predicted molar refractivity (Wildman–Crippen MR) is 122 cm³/mol. The van der Waals surface area contributed by atoms with Crippen LogP contribution in [-0.4, -0.2) is 22.0 Å². The van der Waals surface area contributed by atoms with E-state index in [4.69, 9.17) is 4.98 Å². The van der Waals surface area contributed by atoms with E-state index in [9.17, 15) is 9.59 Å². The van der Waals surface area contributed by atoms with Crippen molar-refractivity contribution in [2.75, 3.05) is 0 Å². The SMILES string of the molecule is O=Cc1ccc(-c2cc(-c3ccc(C=O)cc3)c3nc(-c4ccccc4)cn3c2)cc1. The van der Waals surface area contributed by atoms with Gasteiger partial charge in [-0.1, -0.05) is 78.9 Å². The second-order valence-electron chi connectivity index (χ2n) is 7.35. The third-order valence-electron chi connectivity index (χ3n) is 5.36. The van der Waals surface area contributed by atoms with Crippen molar-refractivity contribution in [1.82, 2.24) is 9.38 Å². The highest BCUT2D eigenvalue weighted by atomic mass is 16.1. The van der Waals surface area contributed by atoms with Gasteiger partial charge >= 0.3 is 0 Å². The summed E-state index contributed by atoms with van der Waals surface area (Å²) in [6.45, 7) is 0. The number of aldehydes is 2. The fraction of sp³-hybridized carbons (Fsp3) is 0. The minimum Gasteiger partial charge on any atom is -0.305 e. The van der Waals surface area contributed by atoms with Crippen LogP contribution in [0.4, 0.5) is 0 Å². The largest absolute Gasteiger partial charge is 0.305 e. The predicted octanol–water partition coefficient (Wildman–Crippen LogP) is 5.96. The second kappa shape index (κ2) is 7.84. The first-order valence-electron chi connectivity index (χ1n) is 9.94. The summed E-state index contributed by atoms with van der Waals surface area (Å²) in [7, 11) is 0. The average molecular weight is 402 g/mol. The van der Waals surface area contributed by atoms with Gasteiger partial charge in [-0.2, -0.15) is 0 Å². The Morgan fingerprint density at radius 2 is 1.23 bits per heavy atom. The number of carbonyl (C=O) groups excluding carboxylic acids is 2. The molecular formula is C27H18N2O2. The zero-order valence-corrected chi connectivity index (χ0v) is 16.6. The molecule has 0 saturated carbocycles. The smallest absolute Gasteiger partial charge is 0.150 e. The van der Waals surface area contributed by atoms with Crippen LogP contribution < -0.4 is 0 Å². The number of benzene rings is 3. The topological polar surface area (TPSA) is 51.4 Å². The summed E-state index contributed by atoms with van der Waals surface area (Å²) in [6, 6.07) is 27.2. The molecule has 31 heavy (non-hydrogen) atoms. The van der Waals surface area contributed by atoms with Crippen LogP contribution in [0.3, 0.4) is 0 Å². The molecule has 0 saturated heterocycles. The molecule has 0 aliphatic carbocycles. The molecule has 0 fully saturated rings. The summed E-state index contributed by atoms with van der Waals surface area (Å²) >= 11 is 0. The molecular weight excluding hydrogens is 384 g/mol. The van der Waals surface area contributed by atoms with E-state index in [1.165, 1.54) is 0 Å². The van der Waals surface area contributed by atoms with E-state index in [0.717, 1.165) is 51.7 Å². The van der Waals surface area contributed by atoms with Gasteiger partial charge in [0.15, 0.2) is 0 Å². The van der Waals surface area contributed by atoms with Gasteiger partial charge in [-0.25, -0.2) is 4.98 Å². The monoisotopic (exact) mass is 402 g/mol. The van der Waals surface area contributed by atoms with E-state index in [1.807, 2.05) is 95.7 Å². The van der Waals surface area contributed by atoms with Gasteiger partial charge in [0.05, 0.1) is 5.69 Å². The van der Waals surface area contributed by atoms with Crippen molar-refractivity contribution in [2.24, 2.45) is 0 Å². The normalized spacial score (nSPS) is 10.8. The fourth-order valence-corrected chi connectivity index (χ4v) is 3.71. The first kappa shape index (κ1) is 18.7. The van der Waals surface area contributed by atoms with E-state index in [-0.39, 0.29) is 0 Å². The van der Waals surface area contributed by atoms with Crippen molar-refractivity contribution >= 4 is 18.2 Å². The van der Waals surface area contributed by atoms with Gasteiger partial charge in [0.1, 0.15) is 18.2 Å². The second-order valence-corrected chi connectivity index (χ2v) is 7.35. The van der Waals surface area contributed by atoms with Crippen LogP contribution in [-0.2, 0) is 0 Å². The molecule has 5 aromatic rings. The van der Waals surface area contributed by atoms with Gasteiger partial charge in [-0.3, -0.25) is 9.59 Å². The molecule has 148 valence electrons. The summed E-state index contributed by atoms with van der Waals surface area (Å²) in [4.78, 5) is 27.0. The summed E-state index contributed by atoms with van der Waals surface area (Å²) in [5, 5.41) is 0.